The fourth-order valence-corrected chi connectivity index (χ4v) is 4.16. The summed E-state index contributed by atoms with van der Waals surface area (Å²) in [7, 11) is 0. The minimum Gasteiger partial charge on any atom is -0.335 e. The molecule has 1 unspecified atom stereocenters. The molecule has 1 atom stereocenters. The first-order valence-electron chi connectivity index (χ1n) is 10.7. The Hall–Kier alpha value is -3.20. The van der Waals surface area contributed by atoms with E-state index in [1.165, 1.54) is 11.8 Å². The summed E-state index contributed by atoms with van der Waals surface area (Å²) in [4.78, 5) is 28.8. The highest BCUT2D eigenvalue weighted by Gasteiger charge is 2.27. The first-order chi connectivity index (χ1) is 15.4. The average Bonchev–Trinajstić information content (AvgIpc) is 3.50. The van der Waals surface area contributed by atoms with Crippen molar-refractivity contribution in [2.24, 2.45) is 0 Å². The number of imide groups is 1. The van der Waals surface area contributed by atoms with E-state index in [1.807, 2.05) is 34.9 Å². The van der Waals surface area contributed by atoms with Gasteiger partial charge in [0.05, 0.1) is 10.9 Å². The Bertz CT molecular complexity index is 1110. The summed E-state index contributed by atoms with van der Waals surface area (Å²) < 4.78 is 1.96. The van der Waals surface area contributed by atoms with E-state index in [9.17, 15) is 9.59 Å². The summed E-state index contributed by atoms with van der Waals surface area (Å²) in [6.07, 6.45) is 5.37. The predicted molar refractivity (Wildman–Crippen MR) is 124 cm³/mol. The normalized spacial score (nSPS) is 14.2. The molecule has 4 rings (SSSR count). The van der Waals surface area contributed by atoms with Gasteiger partial charge in [-0.2, -0.15) is 0 Å². The van der Waals surface area contributed by atoms with Crippen molar-refractivity contribution in [3.63, 3.8) is 0 Å². The number of pyridine rings is 1. The van der Waals surface area contributed by atoms with Crippen LogP contribution in [-0.2, 0) is 4.79 Å². The average molecular weight is 451 g/mol. The second-order valence-electron chi connectivity index (χ2n) is 8.09. The standard InChI is InChI=1S/C23H26N6O2S/c1-14(2)18-8-4-5-9-19(18)29-20(16-7-6-12-24-13-16)27-28-23(29)32-15(3)21(30)26-22(31)25-17-10-11-17/h4-9,12-15,17H,10-11H2,1-3H3,(H2,25,26,30,31). The van der Waals surface area contributed by atoms with E-state index in [4.69, 9.17) is 0 Å². The lowest BCUT2D eigenvalue weighted by Gasteiger charge is -2.18. The Morgan fingerprint density at radius 2 is 1.88 bits per heavy atom. The van der Waals surface area contributed by atoms with Crippen LogP contribution in [0.25, 0.3) is 17.1 Å². The van der Waals surface area contributed by atoms with Crippen molar-refractivity contribution >= 4 is 23.7 Å². The molecule has 2 heterocycles. The van der Waals surface area contributed by atoms with Gasteiger partial charge in [-0.25, -0.2) is 4.79 Å². The van der Waals surface area contributed by atoms with Crippen LogP contribution >= 0.6 is 11.8 Å². The first kappa shape index (κ1) is 22.0. The maximum absolute atomic E-state index is 12.6. The molecule has 1 aliphatic carbocycles. The topological polar surface area (TPSA) is 102 Å². The third-order valence-corrected chi connectivity index (χ3v) is 6.20. The van der Waals surface area contributed by atoms with Crippen molar-refractivity contribution in [2.75, 3.05) is 0 Å². The molecule has 166 valence electrons. The number of aromatic nitrogens is 4. The van der Waals surface area contributed by atoms with E-state index < -0.39 is 11.3 Å². The highest BCUT2D eigenvalue weighted by atomic mass is 32.2. The number of carbonyl (C=O) groups is 2. The highest BCUT2D eigenvalue weighted by molar-refractivity contribution is 8.00. The highest BCUT2D eigenvalue weighted by Crippen LogP contribution is 2.33. The van der Waals surface area contributed by atoms with Crippen molar-refractivity contribution in [2.45, 2.75) is 56.0 Å². The lowest BCUT2D eigenvalue weighted by atomic mass is 10.0. The third-order valence-electron chi connectivity index (χ3n) is 5.15. The number of amides is 3. The van der Waals surface area contributed by atoms with Crippen LogP contribution in [0.15, 0.2) is 53.9 Å². The van der Waals surface area contributed by atoms with E-state index >= 15 is 0 Å². The van der Waals surface area contributed by atoms with Gasteiger partial charge in [-0.15, -0.1) is 10.2 Å². The zero-order chi connectivity index (χ0) is 22.7. The van der Waals surface area contributed by atoms with Gasteiger partial charge in [0.1, 0.15) is 0 Å². The molecule has 3 amide bonds. The molecule has 1 aromatic carbocycles. The third kappa shape index (κ3) is 4.99. The lowest BCUT2D eigenvalue weighted by Crippen LogP contribution is -2.43. The molecule has 0 spiro atoms. The Balaban J connectivity index is 1.66. The number of carbonyl (C=O) groups excluding carboxylic acids is 2. The van der Waals surface area contributed by atoms with Crippen molar-refractivity contribution in [1.29, 1.82) is 0 Å². The predicted octanol–water partition coefficient (Wildman–Crippen LogP) is 3.92. The van der Waals surface area contributed by atoms with Gasteiger partial charge in [0.15, 0.2) is 11.0 Å². The molecule has 1 fully saturated rings. The molecule has 2 N–H and O–H groups in total. The molecule has 9 heteroatoms. The fourth-order valence-electron chi connectivity index (χ4n) is 3.30. The van der Waals surface area contributed by atoms with Gasteiger partial charge < -0.3 is 5.32 Å². The van der Waals surface area contributed by atoms with E-state index in [0.29, 0.717) is 11.0 Å². The van der Waals surface area contributed by atoms with E-state index in [-0.39, 0.29) is 17.9 Å². The molecule has 3 aromatic rings. The summed E-state index contributed by atoms with van der Waals surface area (Å²) >= 11 is 1.26. The van der Waals surface area contributed by atoms with Crippen molar-refractivity contribution in [1.82, 2.24) is 30.4 Å². The first-order valence-corrected chi connectivity index (χ1v) is 11.5. The number of nitrogens with one attached hydrogen (secondary N) is 2. The molecular weight excluding hydrogens is 424 g/mol. The van der Waals surface area contributed by atoms with Crippen LogP contribution in [-0.4, -0.2) is 43.0 Å². The number of nitrogens with zero attached hydrogens (tertiary/aromatic N) is 4. The Kier molecular flexibility index (Phi) is 6.55. The Morgan fingerprint density at radius 3 is 2.56 bits per heavy atom. The largest absolute Gasteiger partial charge is 0.335 e. The summed E-state index contributed by atoms with van der Waals surface area (Å²) in [6.45, 7) is 6.02. The molecule has 1 saturated carbocycles. The fraction of sp³-hybridized carbons (Fsp3) is 0.348. The Labute approximate surface area is 191 Å². The smallest absolute Gasteiger partial charge is 0.321 e. The van der Waals surface area contributed by atoms with Gasteiger partial charge in [0, 0.05) is 24.0 Å². The van der Waals surface area contributed by atoms with Crippen LogP contribution in [0.5, 0.6) is 0 Å². The van der Waals surface area contributed by atoms with Crippen LogP contribution in [0.2, 0.25) is 0 Å². The van der Waals surface area contributed by atoms with Gasteiger partial charge in [-0.1, -0.05) is 43.8 Å². The summed E-state index contributed by atoms with van der Waals surface area (Å²) in [6, 6.07) is 11.6. The Morgan fingerprint density at radius 1 is 1.09 bits per heavy atom. The number of benzene rings is 1. The summed E-state index contributed by atoms with van der Waals surface area (Å²) in [5, 5.41) is 14.0. The zero-order valence-corrected chi connectivity index (χ0v) is 19.1. The van der Waals surface area contributed by atoms with Crippen molar-refractivity contribution in [3.05, 3.63) is 54.4 Å². The quantitative estimate of drug-likeness (QED) is 0.529. The van der Waals surface area contributed by atoms with Crippen LogP contribution in [0.3, 0.4) is 0 Å². The van der Waals surface area contributed by atoms with Gasteiger partial charge in [-0.05, 0) is 49.4 Å². The van der Waals surface area contributed by atoms with Crippen LogP contribution in [0.1, 0.15) is 45.1 Å². The number of hydrogen-bond acceptors (Lipinski definition) is 6. The van der Waals surface area contributed by atoms with Gasteiger partial charge in [0.2, 0.25) is 5.91 Å². The van der Waals surface area contributed by atoms with Crippen LogP contribution in [0, 0.1) is 0 Å². The second kappa shape index (κ2) is 9.52. The molecule has 2 aromatic heterocycles. The molecule has 0 saturated heterocycles. The monoisotopic (exact) mass is 450 g/mol. The summed E-state index contributed by atoms with van der Waals surface area (Å²) in [5.74, 6) is 0.551. The van der Waals surface area contributed by atoms with E-state index in [1.54, 1.807) is 19.3 Å². The minimum atomic E-state index is -0.545. The summed E-state index contributed by atoms with van der Waals surface area (Å²) in [5.41, 5.74) is 2.92. The molecular formula is C23H26N6O2S. The molecule has 32 heavy (non-hydrogen) atoms. The molecule has 0 aliphatic heterocycles. The number of urea groups is 1. The van der Waals surface area contributed by atoms with E-state index in [0.717, 1.165) is 29.7 Å². The maximum atomic E-state index is 12.6. The van der Waals surface area contributed by atoms with Crippen LogP contribution in [0.4, 0.5) is 4.79 Å². The van der Waals surface area contributed by atoms with Crippen molar-refractivity contribution < 1.29 is 9.59 Å². The minimum absolute atomic E-state index is 0.184. The molecule has 0 radical (unpaired) electrons. The maximum Gasteiger partial charge on any atom is 0.321 e. The second-order valence-corrected chi connectivity index (χ2v) is 9.40. The number of para-hydroxylation sites is 1. The number of hydrogen-bond donors (Lipinski definition) is 2. The lowest BCUT2D eigenvalue weighted by molar-refractivity contribution is -0.119. The molecule has 0 bridgehead atoms. The molecule has 1 aliphatic rings. The number of thioether (sulfide) groups is 1. The van der Waals surface area contributed by atoms with Gasteiger partial charge in [-0.3, -0.25) is 19.7 Å². The van der Waals surface area contributed by atoms with Gasteiger partial charge in [0.25, 0.3) is 0 Å². The van der Waals surface area contributed by atoms with Gasteiger partial charge >= 0.3 is 6.03 Å². The number of rotatable bonds is 7. The zero-order valence-electron chi connectivity index (χ0n) is 18.3. The van der Waals surface area contributed by atoms with Crippen LogP contribution < -0.4 is 10.6 Å². The molecule has 8 nitrogen and oxygen atoms in total. The van der Waals surface area contributed by atoms with E-state index in [2.05, 4.69) is 45.7 Å². The SMILES string of the molecule is CC(Sc1nnc(-c2cccnc2)n1-c1ccccc1C(C)C)C(=O)NC(=O)NC1CC1. The van der Waals surface area contributed by atoms with Crippen molar-refractivity contribution in [3.8, 4) is 17.1 Å².